The van der Waals surface area contributed by atoms with E-state index < -0.39 is 47.0 Å². The molecule has 5 atom stereocenters. The number of carbonyl (C=O) groups excluding carboxylic acids is 4. The van der Waals surface area contributed by atoms with E-state index in [1.807, 2.05) is 51.1 Å². The molecule has 45 heavy (non-hydrogen) atoms. The molecule has 0 spiro atoms. The highest BCUT2D eigenvalue weighted by atomic mass is 35.5. The Morgan fingerprint density at radius 2 is 2.02 bits per heavy atom. The van der Waals surface area contributed by atoms with E-state index in [0.717, 1.165) is 16.3 Å². The second kappa shape index (κ2) is 12.7. The second-order valence-corrected chi connectivity index (χ2v) is 13.3. The molecule has 4 amide bonds. The van der Waals surface area contributed by atoms with E-state index in [4.69, 9.17) is 21.1 Å². The van der Waals surface area contributed by atoms with Crippen molar-refractivity contribution < 1.29 is 28.7 Å². The number of fused-ring (bicyclic) bond motifs is 3. The molecule has 0 radical (unpaired) electrons. The van der Waals surface area contributed by atoms with Crippen LogP contribution in [0.5, 0.6) is 5.88 Å². The number of hydrogen-bond acceptors (Lipinski definition) is 7. The van der Waals surface area contributed by atoms with Gasteiger partial charge in [-0.25, -0.2) is 9.78 Å². The molecule has 1 aromatic heterocycles. The standard InChI is InChI=1S/C33H40ClN5O6/c1-6-21-17-33(21,30(42)35-5)38-27(40)24-16-22-18-39(24)29(41)26(32(2,3)4)37-31(43)44-13-9-7-8-10-19-11-12-20-15-25(34)36-28(45-22)23(20)14-19/h6,8,10-12,14-15,21-22,24,26H,1,7,9,13,16-18H2,2-5H3,(H,35,42)(H,37,43)(H,38,40)/b10-8+/t21-,22-,24+,26-,33-/m1/s1. The lowest BCUT2D eigenvalue weighted by molar-refractivity contribution is -0.143. The molecule has 1 aliphatic carbocycles. The number of halogens is 1. The van der Waals surface area contributed by atoms with Gasteiger partial charge in [0.1, 0.15) is 28.9 Å². The van der Waals surface area contributed by atoms with Gasteiger partial charge in [0.25, 0.3) is 0 Å². The van der Waals surface area contributed by atoms with Crippen LogP contribution in [0.1, 0.15) is 52.0 Å². The van der Waals surface area contributed by atoms with Crippen LogP contribution in [-0.4, -0.2) is 77.6 Å². The van der Waals surface area contributed by atoms with E-state index in [9.17, 15) is 19.2 Å². The Labute approximate surface area is 267 Å². The van der Waals surface area contributed by atoms with Crippen molar-refractivity contribution in [3.63, 3.8) is 0 Å². The smallest absolute Gasteiger partial charge is 0.407 e. The van der Waals surface area contributed by atoms with Crippen molar-refractivity contribution in [2.45, 2.75) is 70.2 Å². The lowest BCUT2D eigenvalue weighted by Crippen LogP contribution is -2.59. The minimum atomic E-state index is -1.15. The first-order valence-corrected chi connectivity index (χ1v) is 15.6. The van der Waals surface area contributed by atoms with Gasteiger partial charge in [-0.15, -0.1) is 6.58 Å². The normalized spacial score (nSPS) is 27.8. The molecular formula is C33H40ClN5O6. The third-order valence-electron chi connectivity index (χ3n) is 8.63. The molecule has 1 saturated heterocycles. The van der Waals surface area contributed by atoms with Crippen LogP contribution in [0.25, 0.3) is 16.8 Å². The number of ether oxygens (including phenoxy) is 2. The maximum atomic E-state index is 14.3. The number of carbonyl (C=O) groups is 4. The number of alkyl carbamates (subject to hydrolysis) is 1. The summed E-state index contributed by atoms with van der Waals surface area (Å²) in [6, 6.07) is 5.58. The van der Waals surface area contributed by atoms with Crippen molar-refractivity contribution in [2.75, 3.05) is 20.2 Å². The van der Waals surface area contributed by atoms with Crippen molar-refractivity contribution in [1.29, 1.82) is 0 Å². The summed E-state index contributed by atoms with van der Waals surface area (Å²) in [7, 11) is 1.51. The Hall–Kier alpha value is -4.12. The number of hydrogen-bond donors (Lipinski definition) is 3. The van der Waals surface area contributed by atoms with Gasteiger partial charge in [0, 0.05) is 24.8 Å². The number of pyridine rings is 1. The quantitative estimate of drug-likeness (QED) is 0.340. The summed E-state index contributed by atoms with van der Waals surface area (Å²) in [6.07, 6.45) is 6.03. The Morgan fingerprint density at radius 3 is 2.71 bits per heavy atom. The van der Waals surface area contributed by atoms with Gasteiger partial charge in [-0.3, -0.25) is 14.4 Å². The monoisotopic (exact) mass is 637 g/mol. The largest absolute Gasteiger partial charge is 0.472 e. The van der Waals surface area contributed by atoms with Crippen molar-refractivity contribution in [1.82, 2.24) is 25.8 Å². The number of cyclic esters (lactones) is 1. The summed E-state index contributed by atoms with van der Waals surface area (Å²) >= 11 is 6.37. The van der Waals surface area contributed by atoms with Gasteiger partial charge in [0.2, 0.25) is 23.6 Å². The maximum Gasteiger partial charge on any atom is 0.407 e. The zero-order chi connectivity index (χ0) is 32.5. The van der Waals surface area contributed by atoms with Gasteiger partial charge in [0.05, 0.1) is 13.2 Å². The Balaban J connectivity index is 1.53. The number of likely N-dealkylation sites (N-methyl/N-ethyl adjacent to an activating group) is 1. The van der Waals surface area contributed by atoms with Crippen molar-refractivity contribution in [3.05, 3.63) is 53.7 Å². The van der Waals surface area contributed by atoms with Crippen LogP contribution >= 0.6 is 11.6 Å². The SMILES string of the molecule is C=C[C@@H]1C[C@]1(NC(=O)[C@@H]1C[C@@H]2CN1C(=O)[C@H](C(C)(C)C)NC(=O)OCCC/C=C/c1ccc3cc(Cl)nc(c3c1)O2)C(=O)NC. The Kier molecular flexibility index (Phi) is 9.11. The average molecular weight is 638 g/mol. The highest BCUT2D eigenvalue weighted by Crippen LogP contribution is 2.45. The molecule has 3 aliphatic rings. The Morgan fingerprint density at radius 1 is 1.24 bits per heavy atom. The maximum absolute atomic E-state index is 14.3. The molecule has 11 nitrogen and oxygen atoms in total. The third kappa shape index (κ3) is 6.78. The summed E-state index contributed by atoms with van der Waals surface area (Å²) in [5, 5.41) is 10.1. The van der Waals surface area contributed by atoms with Crippen LogP contribution in [0.15, 0.2) is 43.0 Å². The molecule has 3 N–H and O–H groups in total. The number of benzene rings is 1. The Bertz CT molecular complexity index is 1550. The van der Waals surface area contributed by atoms with Crippen LogP contribution in [0.2, 0.25) is 5.15 Å². The van der Waals surface area contributed by atoms with Gasteiger partial charge in [-0.2, -0.15) is 0 Å². The van der Waals surface area contributed by atoms with Gasteiger partial charge < -0.3 is 30.3 Å². The summed E-state index contributed by atoms with van der Waals surface area (Å²) < 4.78 is 11.8. The molecule has 0 unspecified atom stereocenters. The number of nitrogens with one attached hydrogen (secondary N) is 3. The van der Waals surface area contributed by atoms with E-state index in [1.165, 1.54) is 11.9 Å². The number of allylic oxidation sites excluding steroid dienone is 1. The summed E-state index contributed by atoms with van der Waals surface area (Å²) in [5.41, 5.74) is -0.951. The van der Waals surface area contributed by atoms with Crippen LogP contribution in [0.4, 0.5) is 4.79 Å². The minimum absolute atomic E-state index is 0.0351. The molecule has 4 bridgehead atoms. The number of aromatic nitrogens is 1. The van der Waals surface area contributed by atoms with Gasteiger partial charge in [-0.1, -0.05) is 62.7 Å². The fourth-order valence-corrected chi connectivity index (χ4v) is 6.24. The molecule has 2 fully saturated rings. The van der Waals surface area contributed by atoms with Gasteiger partial charge in [-0.05, 0) is 47.8 Å². The van der Waals surface area contributed by atoms with Crippen LogP contribution < -0.4 is 20.7 Å². The average Bonchev–Trinajstić information content (AvgIpc) is 3.54. The molecule has 2 aliphatic heterocycles. The molecule has 2 aromatic rings. The van der Waals surface area contributed by atoms with Gasteiger partial charge >= 0.3 is 6.09 Å². The predicted octanol–water partition coefficient (Wildman–Crippen LogP) is 3.99. The van der Waals surface area contributed by atoms with E-state index in [2.05, 4.69) is 27.5 Å². The minimum Gasteiger partial charge on any atom is -0.472 e. The highest BCUT2D eigenvalue weighted by molar-refractivity contribution is 6.30. The molecule has 1 saturated carbocycles. The van der Waals surface area contributed by atoms with Crippen molar-refractivity contribution in [2.24, 2.45) is 11.3 Å². The van der Waals surface area contributed by atoms with Crippen LogP contribution in [-0.2, 0) is 19.1 Å². The second-order valence-electron chi connectivity index (χ2n) is 12.9. The fourth-order valence-electron chi connectivity index (χ4n) is 6.05. The first kappa shape index (κ1) is 32.3. The molecule has 12 heteroatoms. The van der Waals surface area contributed by atoms with Crippen molar-refractivity contribution >= 4 is 52.3 Å². The van der Waals surface area contributed by atoms with Crippen LogP contribution in [0, 0.1) is 11.3 Å². The topological polar surface area (TPSA) is 139 Å². The summed E-state index contributed by atoms with van der Waals surface area (Å²) in [6.45, 7) is 9.48. The molecule has 1 aromatic carbocycles. The van der Waals surface area contributed by atoms with Crippen LogP contribution in [0.3, 0.4) is 0 Å². The fraction of sp³-hybridized carbons (Fsp3) is 0.485. The van der Waals surface area contributed by atoms with Crippen molar-refractivity contribution in [3.8, 4) is 5.88 Å². The zero-order valence-electron chi connectivity index (χ0n) is 26.0. The molecule has 3 heterocycles. The highest BCUT2D eigenvalue weighted by Gasteiger charge is 2.60. The predicted molar refractivity (Wildman–Crippen MR) is 171 cm³/mol. The van der Waals surface area contributed by atoms with E-state index in [-0.39, 0.29) is 42.4 Å². The zero-order valence-corrected chi connectivity index (χ0v) is 26.8. The number of rotatable bonds is 4. The van der Waals surface area contributed by atoms with E-state index in [1.54, 1.807) is 12.1 Å². The number of nitrogens with zero attached hydrogens (tertiary/aromatic N) is 2. The van der Waals surface area contributed by atoms with Gasteiger partial charge in [0.15, 0.2) is 0 Å². The van der Waals surface area contributed by atoms with E-state index >= 15 is 0 Å². The first-order chi connectivity index (χ1) is 21.4. The lowest BCUT2D eigenvalue weighted by atomic mass is 9.85. The molecule has 5 rings (SSSR count). The summed E-state index contributed by atoms with van der Waals surface area (Å²) in [5.74, 6) is -1.26. The van der Waals surface area contributed by atoms with E-state index in [0.29, 0.717) is 19.3 Å². The first-order valence-electron chi connectivity index (χ1n) is 15.2. The number of amides is 4. The summed E-state index contributed by atoms with van der Waals surface area (Å²) in [4.78, 5) is 59.8. The molecule has 240 valence electrons. The molecular weight excluding hydrogens is 598 g/mol. The third-order valence-corrected chi connectivity index (χ3v) is 8.82. The lowest BCUT2D eigenvalue weighted by Gasteiger charge is -2.35.